The largest absolute Gasteiger partial charge is 0.490 e. The maximum atomic E-state index is 10.9. The fourth-order valence-electron chi connectivity index (χ4n) is 2.11. The number of hydrogen-bond acceptors (Lipinski definition) is 3. The van der Waals surface area contributed by atoms with Crippen molar-refractivity contribution in [2.24, 2.45) is 0 Å². The van der Waals surface area contributed by atoms with E-state index in [0.29, 0.717) is 11.3 Å². The first-order chi connectivity index (χ1) is 8.20. The molecule has 2 rings (SSSR count). The van der Waals surface area contributed by atoms with Crippen LogP contribution in [0.2, 0.25) is 0 Å². The first-order valence-electron chi connectivity index (χ1n) is 5.84. The molecule has 1 fully saturated rings. The van der Waals surface area contributed by atoms with Gasteiger partial charge in [-0.05, 0) is 37.8 Å². The number of rotatable bonds is 4. The van der Waals surface area contributed by atoms with E-state index >= 15 is 0 Å². The van der Waals surface area contributed by atoms with Gasteiger partial charge < -0.3 is 14.9 Å². The molecule has 0 radical (unpaired) electrons. The zero-order valence-corrected chi connectivity index (χ0v) is 9.56. The molecule has 0 amide bonds. The molecule has 4 heteroatoms. The van der Waals surface area contributed by atoms with E-state index in [4.69, 9.17) is 9.84 Å². The highest BCUT2D eigenvalue weighted by atomic mass is 16.5. The van der Waals surface area contributed by atoms with Crippen LogP contribution in [0.1, 0.15) is 41.6 Å². The molecule has 4 nitrogen and oxygen atoms in total. The second-order valence-corrected chi connectivity index (χ2v) is 4.31. The van der Waals surface area contributed by atoms with Crippen LogP contribution in [0.3, 0.4) is 0 Å². The van der Waals surface area contributed by atoms with Crippen LogP contribution < -0.4 is 4.74 Å². The maximum absolute atomic E-state index is 10.9. The molecule has 1 aromatic carbocycles. The van der Waals surface area contributed by atoms with Gasteiger partial charge in [-0.15, -0.1) is 0 Å². The van der Waals surface area contributed by atoms with E-state index in [2.05, 4.69) is 0 Å². The van der Waals surface area contributed by atoms with Crippen molar-refractivity contribution >= 4 is 5.97 Å². The minimum Gasteiger partial charge on any atom is -0.490 e. The molecule has 0 unspecified atom stereocenters. The van der Waals surface area contributed by atoms with Crippen LogP contribution >= 0.6 is 0 Å². The lowest BCUT2D eigenvalue weighted by molar-refractivity contribution is 0.0695. The lowest BCUT2D eigenvalue weighted by Gasteiger charge is -2.16. The van der Waals surface area contributed by atoms with Crippen molar-refractivity contribution in [3.63, 3.8) is 0 Å². The number of ether oxygens (including phenoxy) is 1. The topological polar surface area (TPSA) is 66.8 Å². The number of carboxylic acid groups (broad SMARTS) is 1. The van der Waals surface area contributed by atoms with E-state index in [9.17, 15) is 9.90 Å². The van der Waals surface area contributed by atoms with Crippen molar-refractivity contribution in [2.75, 3.05) is 0 Å². The molecule has 1 aliphatic carbocycles. The van der Waals surface area contributed by atoms with Gasteiger partial charge in [0, 0.05) is 5.56 Å². The summed E-state index contributed by atoms with van der Waals surface area (Å²) in [5.74, 6) is -0.481. The highest BCUT2D eigenvalue weighted by Crippen LogP contribution is 2.27. The van der Waals surface area contributed by atoms with Crippen LogP contribution in [0.4, 0.5) is 0 Å². The molecule has 0 heterocycles. The highest BCUT2D eigenvalue weighted by Gasteiger charge is 2.18. The molecule has 1 aliphatic rings. The van der Waals surface area contributed by atoms with Crippen molar-refractivity contribution in [3.8, 4) is 5.75 Å². The molecule has 0 saturated heterocycles. The van der Waals surface area contributed by atoms with Crippen LogP contribution in [0.25, 0.3) is 0 Å². The third kappa shape index (κ3) is 2.77. The zero-order valence-electron chi connectivity index (χ0n) is 9.56. The Bertz CT molecular complexity index is 408. The number of aliphatic hydroxyl groups is 1. The minimum atomic E-state index is -0.981. The van der Waals surface area contributed by atoms with E-state index in [0.717, 1.165) is 25.7 Å². The van der Waals surface area contributed by atoms with E-state index in [-0.39, 0.29) is 18.3 Å². The van der Waals surface area contributed by atoms with Crippen molar-refractivity contribution in [1.82, 2.24) is 0 Å². The summed E-state index contributed by atoms with van der Waals surface area (Å²) >= 11 is 0. The van der Waals surface area contributed by atoms with E-state index in [1.165, 1.54) is 12.1 Å². The Labute approximate surface area is 99.8 Å². The summed E-state index contributed by atoms with van der Waals surface area (Å²) in [4.78, 5) is 10.9. The highest BCUT2D eigenvalue weighted by molar-refractivity contribution is 5.88. The molecule has 92 valence electrons. The Hall–Kier alpha value is -1.55. The molecule has 0 atom stereocenters. The molecule has 1 saturated carbocycles. The van der Waals surface area contributed by atoms with Crippen LogP contribution in [0.5, 0.6) is 5.75 Å². The molecule has 0 aromatic heterocycles. The van der Waals surface area contributed by atoms with Gasteiger partial charge in [-0.1, -0.05) is 6.07 Å². The summed E-state index contributed by atoms with van der Waals surface area (Å²) in [6.07, 6.45) is 4.46. The molecule has 17 heavy (non-hydrogen) atoms. The third-order valence-corrected chi connectivity index (χ3v) is 3.08. The van der Waals surface area contributed by atoms with Crippen LogP contribution in [-0.4, -0.2) is 22.3 Å². The number of aromatic carboxylic acids is 1. The number of benzene rings is 1. The van der Waals surface area contributed by atoms with Gasteiger partial charge in [0.2, 0.25) is 0 Å². The lowest BCUT2D eigenvalue weighted by atomic mass is 10.1. The van der Waals surface area contributed by atoms with Gasteiger partial charge in [0.05, 0.1) is 18.3 Å². The standard InChI is InChI=1S/C13H16O4/c14-8-10-6-5-9(13(15)16)7-12(10)17-11-3-1-2-4-11/h5-7,11,14H,1-4,8H2,(H,15,16). The first-order valence-corrected chi connectivity index (χ1v) is 5.84. The van der Waals surface area contributed by atoms with Crippen LogP contribution in [0.15, 0.2) is 18.2 Å². The van der Waals surface area contributed by atoms with Crippen LogP contribution in [0, 0.1) is 0 Å². The molecule has 2 N–H and O–H groups in total. The first kappa shape index (κ1) is 11.9. The average Bonchev–Trinajstić information content (AvgIpc) is 2.81. The second kappa shape index (κ2) is 5.19. The van der Waals surface area contributed by atoms with Gasteiger partial charge >= 0.3 is 5.97 Å². The zero-order chi connectivity index (χ0) is 12.3. The Kier molecular flexibility index (Phi) is 3.64. The lowest BCUT2D eigenvalue weighted by Crippen LogP contribution is -2.13. The molecular formula is C13H16O4. The fraction of sp³-hybridized carbons (Fsp3) is 0.462. The Balaban J connectivity index is 2.21. The van der Waals surface area contributed by atoms with Crippen LogP contribution in [-0.2, 0) is 6.61 Å². The van der Waals surface area contributed by atoms with E-state index in [1.54, 1.807) is 6.07 Å². The number of carbonyl (C=O) groups is 1. The van der Waals surface area contributed by atoms with Gasteiger partial charge in [0.1, 0.15) is 5.75 Å². The Morgan fingerprint density at radius 2 is 2.06 bits per heavy atom. The Morgan fingerprint density at radius 1 is 1.35 bits per heavy atom. The third-order valence-electron chi connectivity index (χ3n) is 3.08. The summed E-state index contributed by atoms with van der Waals surface area (Å²) in [5.41, 5.74) is 0.831. The van der Waals surface area contributed by atoms with Gasteiger partial charge in [-0.2, -0.15) is 0 Å². The quantitative estimate of drug-likeness (QED) is 0.841. The smallest absolute Gasteiger partial charge is 0.335 e. The van der Waals surface area contributed by atoms with Crippen molar-refractivity contribution in [3.05, 3.63) is 29.3 Å². The average molecular weight is 236 g/mol. The maximum Gasteiger partial charge on any atom is 0.335 e. The molecule has 1 aromatic rings. The minimum absolute atomic E-state index is 0.137. The fourth-order valence-corrected chi connectivity index (χ4v) is 2.11. The molecule has 0 aliphatic heterocycles. The normalized spacial score (nSPS) is 16.1. The monoisotopic (exact) mass is 236 g/mol. The molecule has 0 spiro atoms. The van der Waals surface area contributed by atoms with Gasteiger partial charge in [0.25, 0.3) is 0 Å². The SMILES string of the molecule is O=C(O)c1ccc(CO)c(OC2CCCC2)c1. The number of carboxylic acids is 1. The van der Waals surface area contributed by atoms with E-state index in [1.807, 2.05) is 0 Å². The van der Waals surface area contributed by atoms with Crippen molar-refractivity contribution in [2.45, 2.75) is 38.4 Å². The van der Waals surface area contributed by atoms with Crippen molar-refractivity contribution in [1.29, 1.82) is 0 Å². The van der Waals surface area contributed by atoms with E-state index < -0.39 is 5.97 Å². The van der Waals surface area contributed by atoms with Gasteiger partial charge in [0.15, 0.2) is 0 Å². The summed E-state index contributed by atoms with van der Waals surface area (Å²) < 4.78 is 5.76. The molecule has 0 bridgehead atoms. The predicted molar refractivity (Wildman–Crippen MR) is 62.2 cm³/mol. The summed E-state index contributed by atoms with van der Waals surface area (Å²) in [6, 6.07) is 4.58. The Morgan fingerprint density at radius 3 is 2.65 bits per heavy atom. The second-order valence-electron chi connectivity index (χ2n) is 4.31. The van der Waals surface area contributed by atoms with Gasteiger partial charge in [-0.25, -0.2) is 4.79 Å². The van der Waals surface area contributed by atoms with Gasteiger partial charge in [-0.3, -0.25) is 0 Å². The predicted octanol–water partition coefficient (Wildman–Crippen LogP) is 2.20. The summed E-state index contributed by atoms with van der Waals surface area (Å²) in [5, 5.41) is 18.1. The summed E-state index contributed by atoms with van der Waals surface area (Å²) in [6.45, 7) is -0.137. The summed E-state index contributed by atoms with van der Waals surface area (Å²) in [7, 11) is 0. The number of aliphatic hydroxyl groups excluding tert-OH is 1. The van der Waals surface area contributed by atoms with Crippen molar-refractivity contribution < 1.29 is 19.7 Å². The number of hydrogen-bond donors (Lipinski definition) is 2. The molecular weight excluding hydrogens is 220 g/mol.